The number of carbonyl (C=O) groups is 2. The Labute approximate surface area is 131 Å². The molecule has 4 nitrogen and oxygen atoms in total. The van der Waals surface area contributed by atoms with E-state index in [2.05, 4.69) is 11.4 Å². The highest BCUT2D eigenvalue weighted by Gasteiger charge is 2.53. The maximum atomic E-state index is 12.8. The van der Waals surface area contributed by atoms with Gasteiger partial charge in [-0.25, -0.2) is 0 Å². The topological polar surface area (TPSA) is 49.4 Å². The summed E-state index contributed by atoms with van der Waals surface area (Å²) in [5.74, 6) is -0.0214. The summed E-state index contributed by atoms with van der Waals surface area (Å²) in [6.45, 7) is 1.12. The van der Waals surface area contributed by atoms with Crippen LogP contribution in [0.3, 0.4) is 0 Å². The molecule has 0 bridgehead atoms. The van der Waals surface area contributed by atoms with Gasteiger partial charge < -0.3 is 5.32 Å². The van der Waals surface area contributed by atoms with Crippen LogP contribution in [0.25, 0.3) is 0 Å². The molecule has 1 aromatic rings. The number of benzene rings is 1. The summed E-state index contributed by atoms with van der Waals surface area (Å²) in [7, 11) is 1.83. The first kappa shape index (κ1) is 16.0. The monoisotopic (exact) mass is 308 g/mol. The number of aryl methyl sites for hydroxylation is 1. The molecule has 114 valence electrons. The number of nitrogens with zero attached hydrogens (tertiary/aromatic N) is 1. The molecule has 1 aromatic carbocycles. The van der Waals surface area contributed by atoms with Crippen LogP contribution in [0.15, 0.2) is 24.3 Å². The van der Waals surface area contributed by atoms with E-state index in [4.69, 9.17) is 0 Å². The Morgan fingerprint density at radius 3 is 2.81 bits per heavy atom. The molecule has 2 aliphatic rings. The van der Waals surface area contributed by atoms with Gasteiger partial charge in [-0.2, -0.15) is 0 Å². The van der Waals surface area contributed by atoms with Crippen LogP contribution in [0.4, 0.5) is 0 Å². The summed E-state index contributed by atoms with van der Waals surface area (Å²) >= 11 is 0. The number of imide groups is 1. The van der Waals surface area contributed by atoms with Crippen molar-refractivity contribution >= 4 is 24.2 Å². The SMILES string of the molecule is CNCCN1C(=O)CC2(CCCc3ccccc32)C1=O.Cl. The number of likely N-dealkylation sites (tertiary alicyclic amines) is 1. The summed E-state index contributed by atoms with van der Waals surface area (Å²) in [4.78, 5) is 26.5. The van der Waals surface area contributed by atoms with E-state index in [1.165, 1.54) is 10.5 Å². The Morgan fingerprint density at radius 1 is 1.29 bits per heavy atom. The van der Waals surface area contributed by atoms with Crippen LogP contribution in [0.5, 0.6) is 0 Å². The van der Waals surface area contributed by atoms with Gasteiger partial charge in [0, 0.05) is 19.5 Å². The molecule has 1 N–H and O–H groups in total. The summed E-state index contributed by atoms with van der Waals surface area (Å²) in [6.07, 6.45) is 3.13. The van der Waals surface area contributed by atoms with Crippen molar-refractivity contribution in [3.63, 3.8) is 0 Å². The van der Waals surface area contributed by atoms with Gasteiger partial charge in [-0.3, -0.25) is 14.5 Å². The van der Waals surface area contributed by atoms with Crippen molar-refractivity contribution in [2.45, 2.75) is 31.1 Å². The number of amides is 2. The highest BCUT2D eigenvalue weighted by Crippen LogP contribution is 2.45. The Kier molecular flexibility index (Phi) is 4.69. The van der Waals surface area contributed by atoms with Crippen molar-refractivity contribution in [2.75, 3.05) is 20.1 Å². The Bertz CT molecular complexity index is 561. The highest BCUT2D eigenvalue weighted by atomic mass is 35.5. The number of carbonyl (C=O) groups excluding carboxylic acids is 2. The second-order valence-electron chi connectivity index (χ2n) is 5.72. The van der Waals surface area contributed by atoms with Gasteiger partial charge in [-0.15, -0.1) is 12.4 Å². The van der Waals surface area contributed by atoms with Gasteiger partial charge in [-0.05, 0) is 37.4 Å². The number of nitrogens with one attached hydrogen (secondary N) is 1. The predicted octanol–water partition coefficient (Wildman–Crippen LogP) is 1.66. The van der Waals surface area contributed by atoms with Gasteiger partial charge in [0.1, 0.15) is 0 Å². The number of fused-ring (bicyclic) bond motifs is 2. The van der Waals surface area contributed by atoms with Crippen molar-refractivity contribution in [3.05, 3.63) is 35.4 Å². The summed E-state index contributed by atoms with van der Waals surface area (Å²) in [5.41, 5.74) is 1.73. The van der Waals surface area contributed by atoms with Gasteiger partial charge in [0.25, 0.3) is 0 Å². The van der Waals surface area contributed by atoms with Crippen molar-refractivity contribution in [1.82, 2.24) is 10.2 Å². The van der Waals surface area contributed by atoms with Gasteiger partial charge >= 0.3 is 0 Å². The first-order valence-electron chi connectivity index (χ1n) is 7.27. The molecule has 1 unspecified atom stereocenters. The van der Waals surface area contributed by atoms with E-state index < -0.39 is 5.41 Å². The molecule has 2 amide bonds. The van der Waals surface area contributed by atoms with E-state index in [-0.39, 0.29) is 24.2 Å². The maximum absolute atomic E-state index is 12.8. The number of rotatable bonds is 3. The van der Waals surface area contributed by atoms with E-state index in [1.807, 2.05) is 25.2 Å². The standard InChI is InChI=1S/C16H20N2O2.ClH/c1-17-9-10-18-14(19)11-16(15(18)20)8-4-6-12-5-2-3-7-13(12)16;/h2-3,5,7,17H,4,6,8-11H2,1H3;1H. The van der Waals surface area contributed by atoms with E-state index in [0.29, 0.717) is 19.5 Å². The summed E-state index contributed by atoms with van der Waals surface area (Å²) in [6, 6.07) is 8.10. The van der Waals surface area contributed by atoms with Gasteiger partial charge in [0.2, 0.25) is 11.8 Å². The lowest BCUT2D eigenvalue weighted by Gasteiger charge is -2.33. The van der Waals surface area contributed by atoms with E-state index in [0.717, 1.165) is 24.8 Å². The Morgan fingerprint density at radius 2 is 2.05 bits per heavy atom. The minimum atomic E-state index is -0.584. The van der Waals surface area contributed by atoms with Crippen LogP contribution >= 0.6 is 12.4 Å². The first-order valence-corrected chi connectivity index (χ1v) is 7.27. The number of hydrogen-bond donors (Lipinski definition) is 1. The minimum Gasteiger partial charge on any atom is -0.318 e. The average molecular weight is 309 g/mol. The van der Waals surface area contributed by atoms with Crippen molar-refractivity contribution in [2.24, 2.45) is 0 Å². The zero-order valence-electron chi connectivity index (χ0n) is 12.2. The zero-order chi connectivity index (χ0) is 14.2. The van der Waals surface area contributed by atoms with Crippen molar-refractivity contribution < 1.29 is 9.59 Å². The highest BCUT2D eigenvalue weighted by molar-refractivity contribution is 6.09. The molecule has 0 radical (unpaired) electrons. The molecule has 1 heterocycles. The zero-order valence-corrected chi connectivity index (χ0v) is 13.0. The molecule has 1 saturated heterocycles. The average Bonchev–Trinajstić information content (AvgIpc) is 2.69. The molecule has 0 saturated carbocycles. The van der Waals surface area contributed by atoms with Gasteiger partial charge in [0.15, 0.2) is 0 Å². The lowest BCUT2D eigenvalue weighted by Crippen LogP contribution is -2.42. The first-order chi connectivity index (χ1) is 9.69. The Balaban J connectivity index is 0.00000161. The van der Waals surface area contributed by atoms with Gasteiger partial charge in [0.05, 0.1) is 5.41 Å². The quantitative estimate of drug-likeness (QED) is 0.864. The Hall–Kier alpha value is -1.39. The second kappa shape index (κ2) is 6.16. The lowest BCUT2D eigenvalue weighted by atomic mass is 9.69. The molecule has 1 spiro atoms. The van der Waals surface area contributed by atoms with Crippen LogP contribution < -0.4 is 5.32 Å². The molecule has 1 atom stereocenters. The van der Waals surface area contributed by atoms with Crippen LogP contribution in [0.1, 0.15) is 30.4 Å². The molecular formula is C16H21ClN2O2. The van der Waals surface area contributed by atoms with E-state index in [1.54, 1.807) is 0 Å². The normalized spacial score (nSPS) is 24.1. The fourth-order valence-electron chi connectivity index (χ4n) is 3.58. The van der Waals surface area contributed by atoms with Crippen LogP contribution in [-0.4, -0.2) is 36.9 Å². The number of halogens is 1. The minimum absolute atomic E-state index is 0. The smallest absolute Gasteiger partial charge is 0.240 e. The molecule has 1 aliphatic heterocycles. The third kappa shape index (κ3) is 2.47. The molecule has 21 heavy (non-hydrogen) atoms. The lowest BCUT2D eigenvalue weighted by molar-refractivity contribution is -0.140. The van der Waals surface area contributed by atoms with E-state index >= 15 is 0 Å². The van der Waals surface area contributed by atoms with Crippen molar-refractivity contribution in [3.8, 4) is 0 Å². The second-order valence-corrected chi connectivity index (χ2v) is 5.72. The summed E-state index contributed by atoms with van der Waals surface area (Å²) in [5, 5.41) is 3.00. The molecule has 1 aliphatic carbocycles. The molecule has 5 heteroatoms. The fraction of sp³-hybridized carbons (Fsp3) is 0.500. The number of likely N-dealkylation sites (N-methyl/N-ethyl adjacent to an activating group) is 1. The predicted molar refractivity (Wildman–Crippen MR) is 83.6 cm³/mol. The van der Waals surface area contributed by atoms with Crippen LogP contribution in [-0.2, 0) is 21.4 Å². The van der Waals surface area contributed by atoms with Crippen LogP contribution in [0, 0.1) is 0 Å². The summed E-state index contributed by atoms with van der Waals surface area (Å²) < 4.78 is 0. The molecule has 3 rings (SSSR count). The largest absolute Gasteiger partial charge is 0.318 e. The van der Waals surface area contributed by atoms with Crippen molar-refractivity contribution in [1.29, 1.82) is 0 Å². The number of hydrogen-bond acceptors (Lipinski definition) is 3. The molecule has 1 fully saturated rings. The third-order valence-electron chi connectivity index (χ3n) is 4.58. The molecule has 0 aromatic heterocycles. The maximum Gasteiger partial charge on any atom is 0.240 e. The van der Waals surface area contributed by atoms with E-state index in [9.17, 15) is 9.59 Å². The van der Waals surface area contributed by atoms with Gasteiger partial charge in [-0.1, -0.05) is 24.3 Å². The fourth-order valence-corrected chi connectivity index (χ4v) is 3.58. The third-order valence-corrected chi connectivity index (χ3v) is 4.58. The molecular weight excluding hydrogens is 288 g/mol. The van der Waals surface area contributed by atoms with Crippen LogP contribution in [0.2, 0.25) is 0 Å².